The summed E-state index contributed by atoms with van der Waals surface area (Å²) >= 11 is 0. The zero-order chi connectivity index (χ0) is 25.5. The molecule has 172 valence electrons. The molecule has 8 heteroatoms. The first-order chi connectivity index (χ1) is 17.2. The number of hydrogen-bond donors (Lipinski definition) is 2. The average Bonchev–Trinajstić information content (AvgIpc) is 3.23. The van der Waals surface area contributed by atoms with Crippen LogP contribution in [0.15, 0.2) is 42.5 Å². The number of benzene rings is 2. The molecule has 2 aromatic rings. The fourth-order valence-corrected chi connectivity index (χ4v) is 4.33. The second-order valence-corrected chi connectivity index (χ2v) is 8.31. The van der Waals surface area contributed by atoms with Crippen molar-refractivity contribution >= 4 is 23.4 Å². The largest absolute Gasteiger partial charge is 0.381 e. The molecule has 3 heterocycles. The van der Waals surface area contributed by atoms with Crippen LogP contribution in [0.3, 0.4) is 0 Å². The molecule has 2 N–H and O–H groups in total. The number of imide groups is 1. The van der Waals surface area contributed by atoms with Gasteiger partial charge in [0.2, 0.25) is 11.8 Å². The molecule has 33 heavy (non-hydrogen) atoms. The van der Waals surface area contributed by atoms with Gasteiger partial charge >= 0.3 is 0 Å². The van der Waals surface area contributed by atoms with Crippen molar-refractivity contribution < 1.29 is 23.2 Å². The molecule has 0 saturated carbocycles. The topological polar surface area (TPSA) is 91.0 Å². The summed E-state index contributed by atoms with van der Waals surface area (Å²) in [6.07, 6.45) is -0.0234. The van der Waals surface area contributed by atoms with E-state index >= 15 is 0 Å². The minimum absolute atomic E-state index is 0.0138. The summed E-state index contributed by atoms with van der Waals surface area (Å²) in [5, 5.41) is 5.52. The molecule has 8 nitrogen and oxygen atoms in total. The molecular formula is C25H28N4O4. The van der Waals surface area contributed by atoms with E-state index in [-0.39, 0.29) is 19.4 Å². The van der Waals surface area contributed by atoms with Gasteiger partial charge in [-0.1, -0.05) is 30.3 Å². The van der Waals surface area contributed by atoms with Crippen molar-refractivity contribution in [2.24, 2.45) is 0 Å². The zero-order valence-corrected chi connectivity index (χ0v) is 18.2. The van der Waals surface area contributed by atoms with E-state index < -0.39 is 30.2 Å². The Morgan fingerprint density at radius 1 is 1.09 bits per heavy atom. The van der Waals surface area contributed by atoms with Crippen molar-refractivity contribution in [3.63, 3.8) is 0 Å². The van der Waals surface area contributed by atoms with Gasteiger partial charge in [0.25, 0.3) is 5.91 Å². The van der Waals surface area contributed by atoms with E-state index in [2.05, 4.69) is 10.6 Å². The summed E-state index contributed by atoms with van der Waals surface area (Å²) in [5.74, 6) is -1.60. The van der Waals surface area contributed by atoms with E-state index in [4.69, 9.17) is 8.85 Å². The number of morpholine rings is 1. The number of amides is 3. The number of fused-ring (bicyclic) bond motifs is 1. The number of ether oxygens (including phenoxy) is 1. The normalized spacial score (nSPS) is 25.2. The molecule has 2 aromatic carbocycles. The molecule has 0 unspecified atom stereocenters. The van der Waals surface area contributed by atoms with E-state index in [1.165, 1.54) is 4.90 Å². The maximum atomic E-state index is 13.1. The number of rotatable bonds is 6. The fraction of sp³-hybridized carbons (Fsp3) is 0.400. The van der Waals surface area contributed by atoms with Crippen molar-refractivity contribution in [2.75, 3.05) is 31.6 Å². The maximum absolute atomic E-state index is 13.1. The molecule has 0 radical (unpaired) electrons. The first-order valence-electron chi connectivity index (χ1n) is 12.6. The summed E-state index contributed by atoms with van der Waals surface area (Å²) in [4.78, 5) is 40.1. The third-order valence-corrected chi connectivity index (χ3v) is 6.13. The van der Waals surface area contributed by atoms with Crippen LogP contribution in [0.4, 0.5) is 5.69 Å². The highest BCUT2D eigenvalue weighted by Gasteiger charge is 2.39. The van der Waals surface area contributed by atoms with Gasteiger partial charge in [-0.2, -0.15) is 0 Å². The van der Waals surface area contributed by atoms with Crippen LogP contribution in [0.5, 0.6) is 0 Å². The number of carbonyl (C=O) groups excluding carboxylic acids is 3. The molecule has 0 aromatic heterocycles. The van der Waals surface area contributed by atoms with Crippen LogP contribution in [0.2, 0.25) is 0 Å². The maximum Gasteiger partial charge on any atom is 0.255 e. The highest BCUT2D eigenvalue weighted by molar-refractivity contribution is 6.06. The first kappa shape index (κ1) is 18.2. The van der Waals surface area contributed by atoms with E-state index in [9.17, 15) is 14.4 Å². The smallest absolute Gasteiger partial charge is 0.255 e. The highest BCUT2D eigenvalue weighted by Crippen LogP contribution is 2.32. The summed E-state index contributed by atoms with van der Waals surface area (Å²) in [6.45, 7) is 1.10. The third kappa shape index (κ3) is 4.62. The molecule has 3 aliphatic heterocycles. The van der Waals surface area contributed by atoms with E-state index in [1.807, 2.05) is 18.2 Å². The number of piperidine rings is 1. The van der Waals surface area contributed by atoms with Gasteiger partial charge in [-0.3, -0.25) is 24.6 Å². The van der Waals surface area contributed by atoms with Crippen molar-refractivity contribution in [3.8, 4) is 0 Å². The molecule has 3 aliphatic rings. The van der Waals surface area contributed by atoms with Crippen LogP contribution >= 0.6 is 0 Å². The highest BCUT2D eigenvalue weighted by atomic mass is 16.5. The van der Waals surface area contributed by atoms with Gasteiger partial charge in [-0.05, 0) is 29.7 Å². The van der Waals surface area contributed by atoms with Crippen LogP contribution in [0.1, 0.15) is 44.0 Å². The summed E-state index contributed by atoms with van der Waals surface area (Å²) in [5.41, 5.74) is 3.40. The SMILES string of the molecule is [2H]C([2H])(c1ccc(CNc2cccc3c2CN([C@]2([2H])CCC(=O)NC2=O)C3=O)cc1)N1CCOCC1. The molecule has 0 aliphatic carbocycles. The van der Waals surface area contributed by atoms with Crippen molar-refractivity contribution in [1.29, 1.82) is 0 Å². The van der Waals surface area contributed by atoms with Crippen LogP contribution in [0.25, 0.3) is 0 Å². The van der Waals surface area contributed by atoms with E-state index in [1.54, 1.807) is 29.2 Å². The van der Waals surface area contributed by atoms with Gasteiger partial charge in [-0.15, -0.1) is 0 Å². The Morgan fingerprint density at radius 2 is 1.85 bits per heavy atom. The van der Waals surface area contributed by atoms with Crippen LogP contribution in [0, 0.1) is 0 Å². The lowest BCUT2D eigenvalue weighted by Crippen LogP contribution is -2.52. The average molecular weight is 452 g/mol. The molecule has 1 atom stereocenters. The zero-order valence-electron chi connectivity index (χ0n) is 21.2. The van der Waals surface area contributed by atoms with Gasteiger partial charge in [0.15, 0.2) is 0 Å². The standard InChI is InChI=1S/C25H28N4O4/c30-23-9-8-22(24(31)27-23)29-16-20-19(25(29)32)2-1-3-21(20)26-14-17-4-6-18(7-5-17)15-28-10-12-33-13-11-28/h1-7,22,26H,8-16H2,(H,27,30,31)/t22-/m1/s1/i15D2,22D. The Labute approximate surface area is 197 Å². The minimum atomic E-state index is -1.82. The second kappa shape index (κ2) is 9.33. The van der Waals surface area contributed by atoms with Gasteiger partial charge < -0.3 is 15.0 Å². The summed E-state index contributed by atoms with van der Waals surface area (Å²) < 4.78 is 31.1. The van der Waals surface area contributed by atoms with Crippen molar-refractivity contribution in [1.82, 2.24) is 15.1 Å². The molecular weight excluding hydrogens is 420 g/mol. The molecule has 3 amide bonds. The molecule has 0 spiro atoms. The number of nitrogens with zero attached hydrogens (tertiary/aromatic N) is 2. The predicted octanol–water partition coefficient (Wildman–Crippen LogP) is 1.89. The Morgan fingerprint density at radius 3 is 2.61 bits per heavy atom. The van der Waals surface area contributed by atoms with Gasteiger partial charge in [-0.25, -0.2) is 0 Å². The molecule has 0 bridgehead atoms. The second-order valence-electron chi connectivity index (χ2n) is 8.31. The Bertz CT molecular complexity index is 1200. The van der Waals surface area contributed by atoms with Gasteiger partial charge in [0.05, 0.1) is 14.6 Å². The van der Waals surface area contributed by atoms with Crippen LogP contribution < -0.4 is 10.6 Å². The van der Waals surface area contributed by atoms with Gasteiger partial charge in [0.1, 0.15) is 6.02 Å². The Hall–Kier alpha value is -3.23. The number of carbonyl (C=O) groups is 3. The summed E-state index contributed by atoms with van der Waals surface area (Å²) in [6, 6.07) is 10.8. The van der Waals surface area contributed by atoms with Crippen LogP contribution in [-0.4, -0.2) is 59.8 Å². The number of nitrogens with one attached hydrogen (secondary N) is 2. The Kier molecular flexibility index (Phi) is 5.15. The quantitative estimate of drug-likeness (QED) is 0.652. The Balaban J connectivity index is 1.28. The lowest BCUT2D eigenvalue weighted by Gasteiger charge is -2.29. The van der Waals surface area contributed by atoms with Crippen LogP contribution in [-0.2, 0) is 33.9 Å². The minimum Gasteiger partial charge on any atom is -0.381 e. The lowest BCUT2D eigenvalue weighted by molar-refractivity contribution is -0.136. The van der Waals surface area contributed by atoms with Gasteiger partial charge in [0, 0.05) is 58.7 Å². The first-order valence-corrected chi connectivity index (χ1v) is 11.1. The lowest BCUT2D eigenvalue weighted by atomic mass is 10.0. The van der Waals surface area contributed by atoms with Crippen molar-refractivity contribution in [3.05, 3.63) is 64.7 Å². The summed E-state index contributed by atoms with van der Waals surface area (Å²) in [7, 11) is 0. The number of anilines is 1. The fourth-order valence-electron chi connectivity index (χ4n) is 4.33. The van der Waals surface area contributed by atoms with Crippen molar-refractivity contribution in [2.45, 2.75) is 38.4 Å². The van der Waals surface area contributed by atoms with E-state index in [0.717, 1.165) is 11.3 Å². The predicted molar refractivity (Wildman–Crippen MR) is 122 cm³/mol. The number of hydrogen-bond acceptors (Lipinski definition) is 6. The monoisotopic (exact) mass is 451 g/mol. The third-order valence-electron chi connectivity index (χ3n) is 6.13. The molecule has 2 saturated heterocycles. The molecule has 2 fully saturated rings. The van der Waals surface area contributed by atoms with E-state index in [0.29, 0.717) is 49.5 Å². The molecule has 5 rings (SSSR count).